The van der Waals surface area contributed by atoms with Crippen LogP contribution in [0.4, 0.5) is 18.9 Å². The molecule has 3 rings (SSSR count). The molecule has 2 heterocycles. The predicted molar refractivity (Wildman–Crippen MR) is 108 cm³/mol. The molecule has 1 amide bonds. The van der Waals surface area contributed by atoms with Gasteiger partial charge >= 0.3 is 6.18 Å². The van der Waals surface area contributed by atoms with Crippen LogP contribution in [-0.4, -0.2) is 30.1 Å². The van der Waals surface area contributed by atoms with Crippen molar-refractivity contribution in [3.63, 3.8) is 0 Å². The fourth-order valence-corrected chi connectivity index (χ4v) is 4.28. The molecule has 0 saturated heterocycles. The Morgan fingerprint density at radius 1 is 1.36 bits per heavy atom. The van der Waals surface area contributed by atoms with Gasteiger partial charge in [-0.3, -0.25) is 9.69 Å². The van der Waals surface area contributed by atoms with Gasteiger partial charge in [-0.05, 0) is 35.7 Å². The normalized spacial score (nSPS) is 16.0. The summed E-state index contributed by atoms with van der Waals surface area (Å²) in [4.78, 5) is 19.3. The molecule has 2 aromatic rings. The van der Waals surface area contributed by atoms with Crippen molar-refractivity contribution in [2.45, 2.75) is 12.6 Å². The second-order valence-corrected chi connectivity index (χ2v) is 8.06. The van der Waals surface area contributed by atoms with E-state index in [4.69, 9.17) is 16.3 Å². The minimum absolute atomic E-state index is 0.156. The number of amides is 1. The third-order valence-electron chi connectivity index (χ3n) is 3.66. The first-order valence-electron chi connectivity index (χ1n) is 8.00. The summed E-state index contributed by atoms with van der Waals surface area (Å²) < 4.78 is 42.7. The van der Waals surface area contributed by atoms with Gasteiger partial charge in [0.1, 0.15) is 11.4 Å². The third-order valence-corrected chi connectivity index (χ3v) is 5.72. The highest BCUT2D eigenvalue weighted by molar-refractivity contribution is 8.14. The number of benzene rings is 1. The summed E-state index contributed by atoms with van der Waals surface area (Å²) in [6.07, 6.45) is -3.64. The first-order chi connectivity index (χ1) is 13.3. The van der Waals surface area contributed by atoms with Crippen LogP contribution in [0.15, 0.2) is 46.4 Å². The second kappa shape index (κ2) is 8.59. The number of amidine groups is 1. The van der Waals surface area contributed by atoms with Gasteiger partial charge < -0.3 is 4.74 Å². The number of nitrogens with zero attached hydrogens (tertiary/aromatic N) is 2. The molecule has 1 aromatic heterocycles. The average Bonchev–Trinajstić information content (AvgIpc) is 3.23. The molecule has 4 nitrogen and oxygen atoms in total. The molecule has 0 unspecified atom stereocenters. The zero-order chi connectivity index (χ0) is 20.3. The van der Waals surface area contributed by atoms with Gasteiger partial charge in [0.2, 0.25) is 0 Å². The van der Waals surface area contributed by atoms with Gasteiger partial charge in [-0.25, -0.2) is 4.99 Å². The van der Waals surface area contributed by atoms with Crippen LogP contribution >= 0.6 is 34.7 Å². The monoisotopic (exact) mass is 446 g/mol. The number of anilines is 1. The van der Waals surface area contributed by atoms with Crippen LogP contribution in [0.1, 0.15) is 11.3 Å². The van der Waals surface area contributed by atoms with Crippen molar-refractivity contribution in [1.29, 1.82) is 0 Å². The van der Waals surface area contributed by atoms with E-state index in [0.717, 1.165) is 16.6 Å². The van der Waals surface area contributed by atoms with Crippen LogP contribution in [0.3, 0.4) is 0 Å². The van der Waals surface area contributed by atoms with E-state index in [1.54, 1.807) is 18.2 Å². The number of carbonyl (C=O) groups excluding carboxylic acids is 1. The lowest BCUT2D eigenvalue weighted by Gasteiger charge is -2.19. The Morgan fingerprint density at radius 3 is 2.75 bits per heavy atom. The van der Waals surface area contributed by atoms with Crippen LogP contribution in [0, 0.1) is 0 Å². The first kappa shape index (κ1) is 20.8. The summed E-state index contributed by atoms with van der Waals surface area (Å²) in [5.74, 6) is -0.249. The minimum atomic E-state index is -4.28. The van der Waals surface area contributed by atoms with E-state index < -0.39 is 18.5 Å². The summed E-state index contributed by atoms with van der Waals surface area (Å²) in [5, 5.41) is 2.32. The predicted octanol–water partition coefficient (Wildman–Crippen LogP) is 5.84. The van der Waals surface area contributed by atoms with Crippen molar-refractivity contribution in [2.24, 2.45) is 4.99 Å². The minimum Gasteiger partial charge on any atom is -0.495 e. The maximum Gasteiger partial charge on any atom is 0.389 e. The Kier molecular flexibility index (Phi) is 6.36. The van der Waals surface area contributed by atoms with E-state index in [-0.39, 0.29) is 21.6 Å². The van der Waals surface area contributed by atoms with Crippen LogP contribution < -0.4 is 9.64 Å². The summed E-state index contributed by atoms with van der Waals surface area (Å²) in [6.45, 7) is 0. The van der Waals surface area contributed by atoms with Gasteiger partial charge in [0.25, 0.3) is 5.91 Å². The zero-order valence-electron chi connectivity index (χ0n) is 14.5. The molecule has 0 fully saturated rings. The molecule has 0 saturated carbocycles. The van der Waals surface area contributed by atoms with Gasteiger partial charge in [0.05, 0.1) is 24.2 Å². The lowest BCUT2D eigenvalue weighted by atomic mass is 10.2. The first-order valence-corrected chi connectivity index (χ1v) is 10.2. The fraction of sp³-hybridized carbons (Fsp3) is 0.222. The number of hydrogen-bond donors (Lipinski definition) is 0. The summed E-state index contributed by atoms with van der Waals surface area (Å²) in [5.41, 5.74) is 0.563. The second-order valence-electron chi connectivity index (χ2n) is 5.61. The van der Waals surface area contributed by atoms with Crippen molar-refractivity contribution in [2.75, 3.05) is 17.8 Å². The van der Waals surface area contributed by atoms with Crippen LogP contribution in [0.2, 0.25) is 5.02 Å². The Morgan fingerprint density at radius 2 is 2.14 bits per heavy atom. The summed E-state index contributed by atoms with van der Waals surface area (Å²) in [6, 6.07) is 8.37. The molecule has 28 heavy (non-hydrogen) atoms. The van der Waals surface area contributed by atoms with E-state index in [2.05, 4.69) is 4.99 Å². The Balaban J connectivity index is 1.92. The SMILES string of the molecule is COc1ccc(N2C(=O)C(=Cc3cccs3)N=C2SCCC(F)(F)F)cc1Cl. The molecule has 0 aliphatic carbocycles. The largest absolute Gasteiger partial charge is 0.495 e. The molecule has 148 valence electrons. The number of ether oxygens (including phenoxy) is 1. The number of hydrogen-bond acceptors (Lipinski definition) is 5. The van der Waals surface area contributed by atoms with E-state index in [1.165, 1.54) is 29.4 Å². The Labute approximate surface area is 172 Å². The number of methoxy groups -OCH3 is 1. The highest BCUT2D eigenvalue weighted by atomic mass is 35.5. The van der Waals surface area contributed by atoms with Gasteiger partial charge in [0, 0.05) is 10.6 Å². The quantitative estimate of drug-likeness (QED) is 0.542. The van der Waals surface area contributed by atoms with E-state index in [0.29, 0.717) is 11.4 Å². The highest BCUT2D eigenvalue weighted by Gasteiger charge is 2.34. The van der Waals surface area contributed by atoms with Crippen molar-refractivity contribution in [1.82, 2.24) is 0 Å². The molecule has 10 heteroatoms. The van der Waals surface area contributed by atoms with Crippen molar-refractivity contribution >= 4 is 57.5 Å². The van der Waals surface area contributed by atoms with Crippen LogP contribution in [0.25, 0.3) is 6.08 Å². The molecule has 0 bridgehead atoms. The molecular weight excluding hydrogens is 433 g/mol. The highest BCUT2D eigenvalue weighted by Crippen LogP contribution is 2.35. The molecule has 1 aromatic carbocycles. The number of aliphatic imine (C=N–C) groups is 1. The maximum absolute atomic E-state index is 12.9. The number of carbonyl (C=O) groups is 1. The molecule has 0 spiro atoms. The number of rotatable bonds is 5. The Bertz CT molecular complexity index is 927. The lowest BCUT2D eigenvalue weighted by molar-refractivity contribution is -0.129. The summed E-state index contributed by atoms with van der Waals surface area (Å²) in [7, 11) is 1.46. The van der Waals surface area contributed by atoms with Gasteiger partial charge in [-0.1, -0.05) is 29.4 Å². The van der Waals surface area contributed by atoms with Gasteiger partial charge in [0.15, 0.2) is 5.17 Å². The lowest BCUT2D eigenvalue weighted by Crippen LogP contribution is -2.30. The molecular formula is C18H14ClF3N2O2S2. The third kappa shape index (κ3) is 4.89. The number of alkyl halides is 3. The maximum atomic E-state index is 12.9. The van der Waals surface area contributed by atoms with Crippen LogP contribution in [-0.2, 0) is 4.79 Å². The topological polar surface area (TPSA) is 41.9 Å². The van der Waals surface area contributed by atoms with E-state index in [9.17, 15) is 18.0 Å². The van der Waals surface area contributed by atoms with Gasteiger partial charge in [-0.15, -0.1) is 11.3 Å². The smallest absolute Gasteiger partial charge is 0.389 e. The Hall–Kier alpha value is -1.97. The number of thioether (sulfide) groups is 1. The van der Waals surface area contributed by atoms with Crippen molar-refractivity contribution in [3.8, 4) is 5.75 Å². The van der Waals surface area contributed by atoms with Crippen molar-refractivity contribution < 1.29 is 22.7 Å². The average molecular weight is 447 g/mol. The van der Waals surface area contributed by atoms with E-state index in [1.807, 2.05) is 17.5 Å². The fourth-order valence-electron chi connectivity index (χ4n) is 2.38. The molecule has 1 aliphatic rings. The number of thiophene rings is 1. The van der Waals surface area contributed by atoms with Gasteiger partial charge in [-0.2, -0.15) is 13.2 Å². The molecule has 0 N–H and O–H groups in total. The van der Waals surface area contributed by atoms with Crippen LogP contribution in [0.5, 0.6) is 5.75 Å². The number of halogens is 4. The zero-order valence-corrected chi connectivity index (χ0v) is 16.9. The molecule has 0 radical (unpaired) electrons. The molecule has 1 aliphatic heterocycles. The standard InChI is InChI=1S/C18H14ClF3N2O2S2/c1-26-15-5-4-11(9-13(15)19)24-16(25)14(10-12-3-2-7-27-12)23-17(24)28-8-6-18(20,21)22/h2-5,7,9-10H,6,8H2,1H3. The molecule has 0 atom stereocenters. The summed E-state index contributed by atoms with van der Waals surface area (Å²) >= 11 is 8.45. The van der Waals surface area contributed by atoms with Crippen molar-refractivity contribution in [3.05, 3.63) is 51.3 Å². The van der Waals surface area contributed by atoms with E-state index >= 15 is 0 Å².